The SMILES string of the molecule is Nc1c(OC(F)(F)F)ccc(/C=C/C(=O)O)c1Br. The average Bonchev–Trinajstić information content (AvgIpc) is 2.22. The molecule has 0 saturated carbocycles. The molecule has 0 amide bonds. The topological polar surface area (TPSA) is 72.5 Å². The number of nitrogen functional groups attached to an aromatic ring is 1. The van der Waals surface area contributed by atoms with Gasteiger partial charge < -0.3 is 15.6 Å². The molecule has 0 spiro atoms. The summed E-state index contributed by atoms with van der Waals surface area (Å²) in [5.41, 5.74) is 5.50. The van der Waals surface area contributed by atoms with Gasteiger partial charge in [-0.3, -0.25) is 0 Å². The maximum Gasteiger partial charge on any atom is 0.573 e. The first kappa shape index (κ1) is 14.4. The summed E-state index contributed by atoms with van der Waals surface area (Å²) in [5, 5.41) is 8.44. The fraction of sp³-hybridized carbons (Fsp3) is 0.100. The van der Waals surface area contributed by atoms with Crippen LogP contribution < -0.4 is 10.5 Å². The molecule has 1 aromatic carbocycles. The Morgan fingerprint density at radius 2 is 2.06 bits per heavy atom. The molecule has 0 atom stereocenters. The van der Waals surface area contributed by atoms with Crippen molar-refractivity contribution in [3.8, 4) is 5.75 Å². The molecule has 0 aliphatic carbocycles. The number of aliphatic carboxylic acids is 1. The third kappa shape index (κ3) is 3.95. The van der Waals surface area contributed by atoms with Gasteiger partial charge in [0.05, 0.1) is 10.2 Å². The van der Waals surface area contributed by atoms with E-state index < -0.39 is 18.1 Å². The van der Waals surface area contributed by atoms with Crippen molar-refractivity contribution in [2.75, 3.05) is 5.73 Å². The first-order valence-electron chi connectivity index (χ1n) is 4.45. The standard InChI is InChI=1S/C10H7BrF3NO3/c11-8-5(2-4-7(16)17)1-3-6(9(8)15)18-10(12,13)14/h1-4H,15H2,(H,16,17)/b4-2+. The quantitative estimate of drug-likeness (QED) is 0.661. The van der Waals surface area contributed by atoms with Gasteiger partial charge >= 0.3 is 12.3 Å². The summed E-state index contributed by atoms with van der Waals surface area (Å²) >= 11 is 2.97. The molecular formula is C10H7BrF3NO3. The third-order valence-corrected chi connectivity index (χ3v) is 2.69. The van der Waals surface area contributed by atoms with Gasteiger partial charge in [-0.25, -0.2) is 4.79 Å². The van der Waals surface area contributed by atoms with E-state index in [1.165, 1.54) is 12.1 Å². The van der Waals surface area contributed by atoms with E-state index in [1.807, 2.05) is 0 Å². The minimum atomic E-state index is -4.84. The molecule has 0 aromatic heterocycles. The number of carboxylic acid groups (broad SMARTS) is 1. The summed E-state index contributed by atoms with van der Waals surface area (Å²) in [5.74, 6) is -1.74. The highest BCUT2D eigenvalue weighted by molar-refractivity contribution is 9.10. The minimum Gasteiger partial charge on any atom is -0.478 e. The molecule has 98 valence electrons. The maximum atomic E-state index is 12.0. The van der Waals surface area contributed by atoms with Gasteiger partial charge in [0.15, 0.2) is 5.75 Å². The Bertz CT molecular complexity index is 500. The number of nitrogens with two attached hydrogens (primary N) is 1. The molecule has 4 nitrogen and oxygen atoms in total. The summed E-state index contributed by atoms with van der Waals surface area (Å²) in [6, 6.07) is 2.26. The number of carbonyl (C=O) groups is 1. The second kappa shape index (κ2) is 5.30. The lowest BCUT2D eigenvalue weighted by molar-refractivity contribution is -0.274. The Morgan fingerprint density at radius 1 is 1.44 bits per heavy atom. The predicted molar refractivity (Wildman–Crippen MR) is 61.9 cm³/mol. The smallest absolute Gasteiger partial charge is 0.478 e. The fourth-order valence-electron chi connectivity index (χ4n) is 1.10. The number of halogens is 4. The number of benzene rings is 1. The summed E-state index contributed by atoms with van der Waals surface area (Å²) in [6.07, 6.45) is -2.81. The van der Waals surface area contributed by atoms with Gasteiger partial charge in [-0.1, -0.05) is 0 Å². The molecule has 3 N–H and O–H groups in total. The number of anilines is 1. The first-order chi connectivity index (χ1) is 8.20. The van der Waals surface area contributed by atoms with Crippen molar-refractivity contribution in [3.05, 3.63) is 28.2 Å². The first-order valence-corrected chi connectivity index (χ1v) is 5.24. The van der Waals surface area contributed by atoms with Gasteiger partial charge in [-0.05, 0) is 39.7 Å². The molecule has 0 aliphatic heterocycles. The summed E-state index contributed by atoms with van der Waals surface area (Å²) < 4.78 is 39.9. The second-order valence-corrected chi connectivity index (χ2v) is 3.89. The van der Waals surface area contributed by atoms with Crippen LogP contribution in [0.1, 0.15) is 5.56 Å². The Labute approximate surface area is 108 Å². The third-order valence-electron chi connectivity index (χ3n) is 1.80. The van der Waals surface area contributed by atoms with E-state index in [0.29, 0.717) is 5.56 Å². The molecule has 8 heteroatoms. The van der Waals surface area contributed by atoms with Crippen LogP contribution in [0.3, 0.4) is 0 Å². The molecule has 1 rings (SSSR count). The Hall–Kier alpha value is -1.70. The van der Waals surface area contributed by atoms with Crippen LogP contribution in [0.15, 0.2) is 22.7 Å². The van der Waals surface area contributed by atoms with Gasteiger partial charge in [0.1, 0.15) is 0 Å². The molecule has 1 aromatic rings. The maximum absolute atomic E-state index is 12.0. The summed E-state index contributed by atoms with van der Waals surface area (Å²) in [6.45, 7) is 0. The molecule has 0 fully saturated rings. The van der Waals surface area contributed by atoms with Crippen LogP contribution in [0, 0.1) is 0 Å². The van der Waals surface area contributed by atoms with Crippen molar-refractivity contribution in [1.29, 1.82) is 0 Å². The average molecular weight is 326 g/mol. The Balaban J connectivity index is 3.09. The number of ether oxygens (including phenoxy) is 1. The molecule has 0 bridgehead atoms. The lowest BCUT2D eigenvalue weighted by Gasteiger charge is -2.13. The Kier molecular flexibility index (Phi) is 4.23. The van der Waals surface area contributed by atoms with Crippen molar-refractivity contribution < 1.29 is 27.8 Å². The zero-order valence-corrected chi connectivity index (χ0v) is 10.2. The van der Waals surface area contributed by atoms with Crippen molar-refractivity contribution in [2.24, 2.45) is 0 Å². The zero-order chi connectivity index (χ0) is 13.9. The lowest BCUT2D eigenvalue weighted by Crippen LogP contribution is -2.18. The fourth-order valence-corrected chi connectivity index (χ4v) is 1.56. The molecule has 0 aliphatic rings. The van der Waals surface area contributed by atoms with Gasteiger partial charge in [0.25, 0.3) is 0 Å². The number of carboxylic acids is 1. The minimum absolute atomic E-state index is 0.127. The predicted octanol–water partition coefficient (Wildman–Crippen LogP) is 3.03. The van der Waals surface area contributed by atoms with Crippen LogP contribution >= 0.6 is 15.9 Å². The van der Waals surface area contributed by atoms with E-state index in [2.05, 4.69) is 20.7 Å². The largest absolute Gasteiger partial charge is 0.573 e. The van der Waals surface area contributed by atoms with Gasteiger partial charge in [-0.2, -0.15) is 0 Å². The van der Waals surface area contributed by atoms with E-state index >= 15 is 0 Å². The van der Waals surface area contributed by atoms with E-state index in [-0.39, 0.29) is 10.2 Å². The normalized spacial score (nSPS) is 11.8. The van der Waals surface area contributed by atoms with Gasteiger partial charge in [0, 0.05) is 6.08 Å². The molecule has 0 radical (unpaired) electrons. The number of hydrogen-bond acceptors (Lipinski definition) is 3. The van der Waals surface area contributed by atoms with Crippen molar-refractivity contribution in [3.63, 3.8) is 0 Å². The van der Waals surface area contributed by atoms with Crippen LogP contribution in [0.25, 0.3) is 6.08 Å². The molecular weight excluding hydrogens is 319 g/mol. The van der Waals surface area contributed by atoms with E-state index in [4.69, 9.17) is 10.8 Å². The molecule has 0 saturated heterocycles. The van der Waals surface area contributed by atoms with Crippen LogP contribution in [-0.2, 0) is 4.79 Å². The van der Waals surface area contributed by atoms with Crippen LogP contribution in [0.2, 0.25) is 0 Å². The molecule has 18 heavy (non-hydrogen) atoms. The highest BCUT2D eigenvalue weighted by atomic mass is 79.9. The van der Waals surface area contributed by atoms with Gasteiger partial charge in [-0.15, -0.1) is 13.2 Å². The highest BCUT2D eigenvalue weighted by Crippen LogP contribution is 2.36. The highest BCUT2D eigenvalue weighted by Gasteiger charge is 2.32. The van der Waals surface area contributed by atoms with E-state index in [9.17, 15) is 18.0 Å². The second-order valence-electron chi connectivity index (χ2n) is 3.10. The molecule has 0 unspecified atom stereocenters. The summed E-state index contributed by atoms with van der Waals surface area (Å²) in [7, 11) is 0. The van der Waals surface area contributed by atoms with Crippen molar-refractivity contribution >= 4 is 33.7 Å². The van der Waals surface area contributed by atoms with Crippen LogP contribution in [0.5, 0.6) is 5.75 Å². The van der Waals surface area contributed by atoms with Crippen LogP contribution in [-0.4, -0.2) is 17.4 Å². The number of rotatable bonds is 3. The van der Waals surface area contributed by atoms with Crippen molar-refractivity contribution in [2.45, 2.75) is 6.36 Å². The van der Waals surface area contributed by atoms with E-state index in [1.54, 1.807) is 0 Å². The summed E-state index contributed by atoms with van der Waals surface area (Å²) in [4.78, 5) is 10.3. The van der Waals surface area contributed by atoms with E-state index in [0.717, 1.165) is 12.1 Å². The Morgan fingerprint density at radius 3 is 2.56 bits per heavy atom. The van der Waals surface area contributed by atoms with Gasteiger partial charge in [0.2, 0.25) is 0 Å². The number of alkyl halides is 3. The van der Waals surface area contributed by atoms with Crippen LogP contribution in [0.4, 0.5) is 18.9 Å². The van der Waals surface area contributed by atoms with Crippen molar-refractivity contribution in [1.82, 2.24) is 0 Å². The zero-order valence-electron chi connectivity index (χ0n) is 8.66. The lowest BCUT2D eigenvalue weighted by atomic mass is 10.1. The number of hydrogen-bond donors (Lipinski definition) is 2. The molecule has 0 heterocycles. The monoisotopic (exact) mass is 325 g/mol.